The van der Waals surface area contributed by atoms with E-state index in [1.54, 1.807) is 12.1 Å². The summed E-state index contributed by atoms with van der Waals surface area (Å²) in [4.78, 5) is 12.4. The Bertz CT molecular complexity index is 765. The molecular weight excluding hydrogens is 318 g/mol. The van der Waals surface area contributed by atoms with Crippen molar-refractivity contribution in [1.29, 1.82) is 0 Å². The second-order valence-corrected chi connectivity index (χ2v) is 6.08. The zero-order valence-corrected chi connectivity index (χ0v) is 13.8. The lowest BCUT2D eigenvalue weighted by molar-refractivity contribution is -0.157. The zero-order valence-electron chi connectivity index (χ0n) is 13.8. The molecule has 0 amide bonds. The topological polar surface area (TPSA) is 78.8 Å². The Labute approximate surface area is 146 Å². The number of piperidine rings is 1. The number of hydrogen-bond donors (Lipinski definition) is 3. The molecule has 0 saturated carbocycles. The number of nitrogens with one attached hydrogen (secondary N) is 1. The lowest BCUT2D eigenvalue weighted by atomic mass is 9.85. The molecule has 0 unspecified atom stereocenters. The van der Waals surface area contributed by atoms with Gasteiger partial charge in [-0.15, -0.1) is 0 Å². The number of rotatable bonds is 4. The summed E-state index contributed by atoms with van der Waals surface area (Å²) < 4.78 is 5.85. The largest absolute Gasteiger partial charge is 0.504 e. The molecule has 1 aliphatic heterocycles. The maximum absolute atomic E-state index is 12.4. The Morgan fingerprint density at radius 1 is 1.04 bits per heavy atom. The number of carbonyl (C=O) groups is 1. The second-order valence-electron chi connectivity index (χ2n) is 6.08. The molecule has 1 fully saturated rings. The molecule has 2 aromatic carbocycles. The maximum Gasteiger partial charge on any atom is 0.331 e. The van der Waals surface area contributed by atoms with Gasteiger partial charge >= 0.3 is 5.97 Å². The van der Waals surface area contributed by atoms with Crippen LogP contribution in [0.3, 0.4) is 0 Å². The number of benzene rings is 2. The highest BCUT2D eigenvalue weighted by atomic mass is 16.6. The third kappa shape index (κ3) is 3.83. The zero-order chi connectivity index (χ0) is 17.7. The minimum atomic E-state index is -0.644. The SMILES string of the molecule is O=C(/C=C/c1cccc(O)c1O)OC1(c2ccccc2)CCNCC1. The van der Waals surface area contributed by atoms with Crippen molar-refractivity contribution in [2.24, 2.45) is 0 Å². The Hall–Kier alpha value is -2.79. The van der Waals surface area contributed by atoms with E-state index in [2.05, 4.69) is 5.32 Å². The summed E-state index contributed by atoms with van der Waals surface area (Å²) in [5, 5.41) is 22.6. The quantitative estimate of drug-likeness (QED) is 0.453. The van der Waals surface area contributed by atoms with E-state index in [-0.39, 0.29) is 11.5 Å². The van der Waals surface area contributed by atoms with Gasteiger partial charge in [-0.05, 0) is 30.8 Å². The summed E-state index contributed by atoms with van der Waals surface area (Å²) in [5.74, 6) is -0.964. The van der Waals surface area contributed by atoms with Crippen LogP contribution in [0.5, 0.6) is 11.5 Å². The molecule has 0 aliphatic carbocycles. The fourth-order valence-corrected chi connectivity index (χ4v) is 3.09. The van der Waals surface area contributed by atoms with Gasteiger partial charge in [0.2, 0.25) is 0 Å². The number of ether oxygens (including phenoxy) is 1. The molecule has 0 atom stereocenters. The normalized spacial score (nSPS) is 16.6. The smallest absolute Gasteiger partial charge is 0.331 e. The summed E-state index contributed by atoms with van der Waals surface area (Å²) >= 11 is 0. The van der Waals surface area contributed by atoms with E-state index in [1.165, 1.54) is 18.2 Å². The van der Waals surface area contributed by atoms with Crippen LogP contribution in [0.25, 0.3) is 6.08 Å². The average Bonchev–Trinajstić information content (AvgIpc) is 2.64. The molecule has 2 aromatic rings. The van der Waals surface area contributed by atoms with E-state index in [1.807, 2.05) is 30.3 Å². The van der Waals surface area contributed by atoms with Gasteiger partial charge < -0.3 is 20.3 Å². The predicted molar refractivity (Wildman–Crippen MR) is 95.1 cm³/mol. The van der Waals surface area contributed by atoms with Crippen molar-refractivity contribution >= 4 is 12.0 Å². The molecule has 0 radical (unpaired) electrons. The van der Waals surface area contributed by atoms with Crippen LogP contribution in [-0.4, -0.2) is 29.3 Å². The standard InChI is InChI=1S/C20H21NO4/c22-17-8-4-5-15(19(17)24)9-10-18(23)25-20(11-13-21-14-12-20)16-6-2-1-3-7-16/h1-10,21-22,24H,11-14H2/b10-9+. The fraction of sp³-hybridized carbons (Fsp3) is 0.250. The van der Waals surface area contributed by atoms with Crippen LogP contribution in [0.1, 0.15) is 24.0 Å². The molecule has 3 N–H and O–H groups in total. The number of carbonyl (C=O) groups excluding carboxylic acids is 1. The van der Waals surface area contributed by atoms with Gasteiger partial charge in [0.05, 0.1) is 0 Å². The van der Waals surface area contributed by atoms with Crippen LogP contribution in [-0.2, 0) is 15.1 Å². The molecule has 0 bridgehead atoms. The highest BCUT2D eigenvalue weighted by Gasteiger charge is 2.37. The summed E-state index contributed by atoms with van der Waals surface area (Å²) in [5.41, 5.74) is 0.698. The van der Waals surface area contributed by atoms with Gasteiger partial charge in [-0.3, -0.25) is 0 Å². The first-order chi connectivity index (χ1) is 12.1. The number of aromatic hydroxyl groups is 2. The van der Waals surface area contributed by atoms with Crippen LogP contribution in [0.15, 0.2) is 54.6 Å². The van der Waals surface area contributed by atoms with Crippen molar-refractivity contribution in [3.05, 3.63) is 65.7 Å². The second kappa shape index (κ2) is 7.40. The number of phenolic OH excluding ortho intramolecular Hbond substituents is 2. The maximum atomic E-state index is 12.4. The molecule has 3 rings (SSSR count). The first kappa shape index (κ1) is 17.0. The molecule has 1 saturated heterocycles. The number of hydrogen-bond acceptors (Lipinski definition) is 5. The van der Waals surface area contributed by atoms with Gasteiger partial charge in [0.1, 0.15) is 5.60 Å². The lowest BCUT2D eigenvalue weighted by Gasteiger charge is -2.37. The number of para-hydroxylation sites is 1. The molecule has 130 valence electrons. The van der Waals surface area contributed by atoms with Crippen LogP contribution >= 0.6 is 0 Å². The molecule has 25 heavy (non-hydrogen) atoms. The lowest BCUT2D eigenvalue weighted by Crippen LogP contribution is -2.42. The van der Waals surface area contributed by atoms with Crippen LogP contribution in [0.4, 0.5) is 0 Å². The summed E-state index contributed by atoms with van der Waals surface area (Å²) in [6.07, 6.45) is 4.13. The molecule has 0 aromatic heterocycles. The number of phenols is 2. The van der Waals surface area contributed by atoms with E-state index >= 15 is 0 Å². The summed E-state index contributed by atoms with van der Waals surface area (Å²) in [6.45, 7) is 1.55. The summed E-state index contributed by atoms with van der Waals surface area (Å²) in [7, 11) is 0. The van der Waals surface area contributed by atoms with Crippen LogP contribution < -0.4 is 5.32 Å². The first-order valence-corrected chi connectivity index (χ1v) is 8.29. The Morgan fingerprint density at radius 3 is 2.48 bits per heavy atom. The molecule has 1 heterocycles. The van der Waals surface area contributed by atoms with E-state index < -0.39 is 11.6 Å². The number of esters is 1. The van der Waals surface area contributed by atoms with Crippen molar-refractivity contribution in [2.75, 3.05) is 13.1 Å². The van der Waals surface area contributed by atoms with Crippen molar-refractivity contribution in [3.8, 4) is 11.5 Å². The third-order valence-corrected chi connectivity index (χ3v) is 4.45. The third-order valence-electron chi connectivity index (χ3n) is 4.45. The van der Waals surface area contributed by atoms with Gasteiger partial charge in [-0.2, -0.15) is 0 Å². The summed E-state index contributed by atoms with van der Waals surface area (Å²) in [6, 6.07) is 14.3. The van der Waals surface area contributed by atoms with Gasteiger partial charge in [0.15, 0.2) is 11.5 Å². The van der Waals surface area contributed by atoms with E-state index in [0.29, 0.717) is 18.4 Å². The molecule has 1 aliphatic rings. The molecular formula is C20H21NO4. The first-order valence-electron chi connectivity index (χ1n) is 8.29. The van der Waals surface area contributed by atoms with Gasteiger partial charge in [-0.1, -0.05) is 42.5 Å². The van der Waals surface area contributed by atoms with E-state index in [4.69, 9.17) is 4.74 Å². The van der Waals surface area contributed by atoms with E-state index in [9.17, 15) is 15.0 Å². The minimum absolute atomic E-state index is 0.227. The highest BCUT2D eigenvalue weighted by Crippen LogP contribution is 2.35. The van der Waals surface area contributed by atoms with E-state index in [0.717, 1.165) is 18.7 Å². The fourth-order valence-electron chi connectivity index (χ4n) is 3.09. The molecule has 5 heteroatoms. The van der Waals surface area contributed by atoms with Crippen LogP contribution in [0, 0.1) is 0 Å². The van der Waals surface area contributed by atoms with Crippen molar-refractivity contribution < 1.29 is 19.7 Å². The monoisotopic (exact) mass is 339 g/mol. The van der Waals surface area contributed by atoms with Crippen LogP contribution in [0.2, 0.25) is 0 Å². The highest BCUT2D eigenvalue weighted by molar-refractivity contribution is 5.88. The Morgan fingerprint density at radius 2 is 1.76 bits per heavy atom. The Kier molecular flexibility index (Phi) is 5.05. The van der Waals surface area contributed by atoms with Crippen molar-refractivity contribution in [1.82, 2.24) is 5.32 Å². The average molecular weight is 339 g/mol. The molecule has 5 nitrogen and oxygen atoms in total. The van der Waals surface area contributed by atoms with Crippen molar-refractivity contribution in [3.63, 3.8) is 0 Å². The van der Waals surface area contributed by atoms with Crippen molar-refractivity contribution in [2.45, 2.75) is 18.4 Å². The van der Waals surface area contributed by atoms with Gasteiger partial charge in [0.25, 0.3) is 0 Å². The van der Waals surface area contributed by atoms with Gasteiger partial charge in [0, 0.05) is 24.5 Å². The minimum Gasteiger partial charge on any atom is -0.504 e. The van der Waals surface area contributed by atoms with Gasteiger partial charge in [-0.25, -0.2) is 4.79 Å². The predicted octanol–water partition coefficient (Wildman–Crippen LogP) is 2.93. The molecule has 0 spiro atoms. The Balaban J connectivity index is 1.79.